The molecule has 0 heterocycles. The molecule has 12 bridgehead atoms. The van der Waals surface area contributed by atoms with Gasteiger partial charge in [-0.1, -0.05) is 240 Å². The second kappa shape index (κ2) is 22.4. The first kappa shape index (κ1) is 51.1. The van der Waals surface area contributed by atoms with Crippen LogP contribution in [-0.4, -0.2) is 16.6 Å². The molecule has 12 aliphatic carbocycles. The smallest absolute Gasteiger partial charge is 0.623 e. The molecular formula is C66H75N3P3Sc. The summed E-state index contributed by atoms with van der Waals surface area (Å²) in [6, 6.07) is 66.1. The van der Waals surface area contributed by atoms with Crippen LogP contribution in [0.25, 0.3) is 15.3 Å². The van der Waals surface area contributed by atoms with Crippen LogP contribution in [0.3, 0.4) is 0 Å². The standard InChI is InChI=1S/3C22H25NP.Sc/c3*1-3-7-20(8-4-1)24(21-9-5-2-6-10-21)23-22-14-17-11-18(15-22)13-19(12-17)16-22;/h3*1-10,17-19H,11-16H2;/q3*-1;+3. The van der Waals surface area contributed by atoms with E-state index in [0.29, 0.717) is 0 Å². The van der Waals surface area contributed by atoms with Crippen LogP contribution in [0.2, 0.25) is 0 Å². The zero-order valence-electron chi connectivity index (χ0n) is 43.0. The van der Waals surface area contributed by atoms with Gasteiger partial charge >= 0.3 is 25.8 Å². The average Bonchev–Trinajstić information content (AvgIpc) is 3.40. The molecule has 372 valence electrons. The maximum atomic E-state index is 5.67. The van der Waals surface area contributed by atoms with Crippen LogP contribution < -0.4 is 31.8 Å². The van der Waals surface area contributed by atoms with E-state index in [1.165, 1.54) is 147 Å². The van der Waals surface area contributed by atoms with Crippen molar-refractivity contribution in [3.05, 3.63) is 197 Å². The number of hydrogen-bond donors (Lipinski definition) is 0. The van der Waals surface area contributed by atoms with Gasteiger partial charge in [-0.05, 0) is 143 Å². The van der Waals surface area contributed by atoms with Crippen molar-refractivity contribution in [3.63, 3.8) is 0 Å². The van der Waals surface area contributed by atoms with Gasteiger partial charge in [-0.25, -0.2) is 0 Å². The fraction of sp³-hybridized carbons (Fsp3) is 0.455. The molecule has 73 heavy (non-hydrogen) atoms. The van der Waals surface area contributed by atoms with E-state index in [9.17, 15) is 0 Å². The molecule has 0 saturated heterocycles. The third kappa shape index (κ3) is 11.5. The van der Waals surface area contributed by atoms with Crippen LogP contribution in [0.5, 0.6) is 0 Å². The number of benzene rings is 6. The summed E-state index contributed by atoms with van der Waals surface area (Å²) in [7, 11) is -1.76. The third-order valence-corrected chi connectivity index (χ3v) is 25.6. The van der Waals surface area contributed by atoms with E-state index in [0.717, 1.165) is 53.3 Å². The van der Waals surface area contributed by atoms with Gasteiger partial charge in [0.05, 0.1) is 0 Å². The first-order valence-corrected chi connectivity index (χ1v) is 32.2. The van der Waals surface area contributed by atoms with E-state index in [1.807, 2.05) is 0 Å². The van der Waals surface area contributed by atoms with Crippen molar-refractivity contribution in [3.8, 4) is 0 Å². The van der Waals surface area contributed by atoms with Gasteiger partial charge < -0.3 is 15.3 Å². The molecule has 12 fully saturated rings. The molecule has 6 aromatic rings. The summed E-state index contributed by atoms with van der Waals surface area (Å²) >= 11 is 0. The van der Waals surface area contributed by atoms with E-state index in [1.54, 1.807) is 0 Å². The molecule has 18 rings (SSSR count). The summed E-state index contributed by atoms with van der Waals surface area (Å²) in [4.78, 5) is 0. The zero-order valence-corrected chi connectivity index (χ0v) is 47.5. The molecule has 7 heteroatoms. The predicted octanol–water partition coefficient (Wildman–Crippen LogP) is 16.1. The van der Waals surface area contributed by atoms with Gasteiger partial charge in [0.1, 0.15) is 0 Å². The van der Waals surface area contributed by atoms with Crippen molar-refractivity contribution in [2.75, 3.05) is 0 Å². The average molecular weight is 1050 g/mol. The monoisotopic (exact) mass is 1050 g/mol. The van der Waals surface area contributed by atoms with Crippen molar-refractivity contribution in [2.45, 2.75) is 132 Å². The van der Waals surface area contributed by atoms with Crippen LogP contribution in [0, 0.1) is 53.3 Å². The number of rotatable bonds is 12. The van der Waals surface area contributed by atoms with Crippen molar-refractivity contribution >= 4 is 56.0 Å². The molecule has 0 amide bonds. The van der Waals surface area contributed by atoms with Crippen LogP contribution in [0.1, 0.15) is 116 Å². The van der Waals surface area contributed by atoms with E-state index in [4.69, 9.17) is 15.3 Å². The summed E-state index contributed by atoms with van der Waals surface area (Å²) in [5, 5.41) is 25.5. The summed E-state index contributed by atoms with van der Waals surface area (Å²) < 4.78 is 0. The Bertz CT molecular complexity index is 2170. The molecule has 0 N–H and O–H groups in total. The quantitative estimate of drug-likeness (QED) is 0.110. The van der Waals surface area contributed by atoms with Gasteiger partial charge in [-0.3, -0.25) is 0 Å². The molecule has 12 saturated carbocycles. The normalized spacial score (nSPS) is 33.5. The second-order valence-corrected chi connectivity index (χ2v) is 30.2. The summed E-state index contributed by atoms with van der Waals surface area (Å²) in [6.07, 6.45) is 25.6. The number of hydrogen-bond acceptors (Lipinski definition) is 0. The molecule has 0 aliphatic heterocycles. The van der Waals surface area contributed by atoms with Crippen LogP contribution in [-0.2, 0) is 25.8 Å². The summed E-state index contributed by atoms with van der Waals surface area (Å²) in [5.74, 6) is 8.65. The minimum absolute atomic E-state index is 0. The molecule has 12 aliphatic rings. The maximum absolute atomic E-state index is 5.67. The molecule has 6 aromatic carbocycles. The van der Waals surface area contributed by atoms with Gasteiger partial charge in [0.25, 0.3) is 0 Å². The molecule has 0 spiro atoms. The van der Waals surface area contributed by atoms with Crippen LogP contribution in [0.15, 0.2) is 182 Å². The van der Waals surface area contributed by atoms with E-state index >= 15 is 0 Å². The topological polar surface area (TPSA) is 42.3 Å². The Morgan fingerprint density at radius 3 is 0.507 bits per heavy atom. The van der Waals surface area contributed by atoms with E-state index < -0.39 is 24.2 Å². The Balaban J connectivity index is 0.000000111. The fourth-order valence-electron chi connectivity index (χ4n) is 17.4. The minimum atomic E-state index is -0.587. The van der Waals surface area contributed by atoms with Crippen molar-refractivity contribution in [2.24, 2.45) is 53.3 Å². The molecule has 0 aromatic heterocycles. The fourth-order valence-corrected chi connectivity index (χ4v) is 23.7. The largest absolute Gasteiger partial charge is 3.00 e. The maximum Gasteiger partial charge on any atom is 3.00 e. The van der Waals surface area contributed by atoms with Crippen LogP contribution >= 0.6 is 24.2 Å². The van der Waals surface area contributed by atoms with Crippen LogP contribution in [0.4, 0.5) is 0 Å². The Morgan fingerprint density at radius 2 is 0.370 bits per heavy atom. The van der Waals surface area contributed by atoms with Gasteiger partial charge in [0.2, 0.25) is 0 Å². The predicted molar refractivity (Wildman–Crippen MR) is 310 cm³/mol. The van der Waals surface area contributed by atoms with Crippen molar-refractivity contribution in [1.29, 1.82) is 0 Å². The molecule has 0 radical (unpaired) electrons. The molecular weight excluding hydrogens is 973 g/mol. The van der Waals surface area contributed by atoms with E-state index in [-0.39, 0.29) is 42.5 Å². The van der Waals surface area contributed by atoms with Gasteiger partial charge in [0.15, 0.2) is 0 Å². The molecule has 3 nitrogen and oxygen atoms in total. The molecule has 0 atom stereocenters. The zero-order chi connectivity index (χ0) is 48.0. The third-order valence-electron chi connectivity index (χ3n) is 19.0. The van der Waals surface area contributed by atoms with E-state index in [2.05, 4.69) is 182 Å². The first-order chi connectivity index (χ1) is 35.4. The van der Waals surface area contributed by atoms with Gasteiger partial charge in [-0.15, -0.1) is 16.6 Å². The SMILES string of the molecule is [Sc+3].c1ccc(P([N-]C23CC4CC(CC(C4)C2)C3)c2ccccc2)cc1.c1ccc(P([N-]C23CC4CC(CC(C4)C2)C3)c2ccccc2)cc1.c1ccc(P([N-]C23CC4CC(CC(C4)C2)C3)c2ccccc2)cc1. The molecule has 0 unspecified atom stereocenters. The Kier molecular flexibility index (Phi) is 15.7. The van der Waals surface area contributed by atoms with Gasteiger partial charge in [-0.2, -0.15) is 24.2 Å². The van der Waals surface area contributed by atoms with Crippen molar-refractivity contribution in [1.82, 2.24) is 0 Å². The Morgan fingerprint density at radius 1 is 0.233 bits per heavy atom. The minimum Gasteiger partial charge on any atom is -0.623 e. The van der Waals surface area contributed by atoms with Crippen molar-refractivity contribution < 1.29 is 25.8 Å². The number of nitrogens with zero attached hydrogens (tertiary/aromatic N) is 3. The van der Waals surface area contributed by atoms with Gasteiger partial charge in [0, 0.05) is 0 Å². The Labute approximate surface area is 461 Å². The summed E-state index contributed by atoms with van der Waals surface area (Å²) in [5.41, 5.74) is 0.852. The second-order valence-electron chi connectivity index (χ2n) is 24.7. The first-order valence-electron chi connectivity index (χ1n) is 28.3. The summed E-state index contributed by atoms with van der Waals surface area (Å²) in [6.45, 7) is 0. The Hall–Kier alpha value is -2.64.